The molecule has 0 fully saturated rings. The Bertz CT molecular complexity index is 4170. The third-order valence-corrected chi connectivity index (χ3v) is 14.4. The van der Waals surface area contributed by atoms with Crippen LogP contribution in [-0.4, -0.2) is 4.57 Å². The van der Waals surface area contributed by atoms with Gasteiger partial charge in [0, 0.05) is 75.5 Å². The van der Waals surface area contributed by atoms with Crippen molar-refractivity contribution in [1.29, 1.82) is 0 Å². The van der Waals surface area contributed by atoms with E-state index in [1.807, 2.05) is 23.5 Å². The minimum absolute atomic E-state index is 0.829. The van der Waals surface area contributed by atoms with Gasteiger partial charge in [-0.15, -0.1) is 11.3 Å². The highest BCUT2D eigenvalue weighted by Crippen LogP contribution is 2.50. The summed E-state index contributed by atoms with van der Waals surface area (Å²) in [4.78, 5) is 2.41. The second-order valence-corrected chi connectivity index (χ2v) is 17.8. The highest BCUT2D eigenvalue weighted by Gasteiger charge is 2.26. The summed E-state index contributed by atoms with van der Waals surface area (Å²) in [6.07, 6.45) is 0. The lowest BCUT2D eigenvalue weighted by Gasteiger charge is -2.29. The smallest absolute Gasteiger partial charge is 0.145 e. The van der Waals surface area contributed by atoms with Crippen molar-refractivity contribution in [2.45, 2.75) is 0 Å². The van der Waals surface area contributed by atoms with Crippen molar-refractivity contribution in [2.24, 2.45) is 0 Å². The van der Waals surface area contributed by atoms with E-state index in [0.29, 0.717) is 0 Å². The lowest BCUT2D eigenvalue weighted by Crippen LogP contribution is -2.12. The molecule has 0 atom stereocenters. The van der Waals surface area contributed by atoms with Crippen molar-refractivity contribution in [2.75, 3.05) is 4.90 Å². The molecule has 5 heteroatoms. The van der Waals surface area contributed by atoms with E-state index < -0.39 is 0 Å². The van der Waals surface area contributed by atoms with E-state index in [0.717, 1.165) is 99.9 Å². The number of hydrogen-bond donors (Lipinski definition) is 0. The molecule has 0 aliphatic rings. The molecular weight excluding hydrogens is 813 g/mol. The molecule has 0 saturated carbocycles. The zero-order valence-corrected chi connectivity index (χ0v) is 35.7. The van der Waals surface area contributed by atoms with Gasteiger partial charge >= 0.3 is 0 Å². The summed E-state index contributed by atoms with van der Waals surface area (Å²) >= 11 is 1.84. The van der Waals surface area contributed by atoms with E-state index in [1.54, 1.807) is 0 Å². The molecule has 0 bridgehead atoms. The molecular formula is C60H36N2O2S. The molecule has 0 unspecified atom stereocenters. The average Bonchev–Trinajstić information content (AvgIpc) is 4.13. The maximum Gasteiger partial charge on any atom is 0.145 e. The van der Waals surface area contributed by atoms with Crippen LogP contribution in [0.5, 0.6) is 0 Å². The number of aromatic nitrogens is 1. The van der Waals surface area contributed by atoms with Gasteiger partial charge in [0.05, 0.1) is 33.5 Å². The fourth-order valence-corrected chi connectivity index (χ4v) is 11.4. The number of furan rings is 2. The van der Waals surface area contributed by atoms with E-state index in [-0.39, 0.29) is 0 Å². The van der Waals surface area contributed by atoms with Crippen molar-refractivity contribution in [1.82, 2.24) is 4.57 Å². The predicted octanol–water partition coefficient (Wildman–Crippen LogP) is 17.8. The van der Waals surface area contributed by atoms with Crippen LogP contribution in [0.3, 0.4) is 0 Å². The Hall–Kier alpha value is -8.38. The number of benzene rings is 10. The molecule has 0 spiro atoms. The molecule has 4 aromatic heterocycles. The van der Waals surface area contributed by atoms with Crippen LogP contribution in [0.1, 0.15) is 0 Å². The second-order valence-electron chi connectivity index (χ2n) is 16.8. The molecule has 0 saturated heterocycles. The summed E-state index contributed by atoms with van der Waals surface area (Å²) in [6, 6.07) is 78.4. The van der Waals surface area contributed by atoms with Gasteiger partial charge in [-0.25, -0.2) is 0 Å². The summed E-state index contributed by atoms with van der Waals surface area (Å²) in [6.45, 7) is 0. The molecule has 0 amide bonds. The Morgan fingerprint density at radius 2 is 0.985 bits per heavy atom. The molecule has 0 N–H and O–H groups in total. The first-order valence-corrected chi connectivity index (χ1v) is 22.8. The lowest BCUT2D eigenvalue weighted by atomic mass is 9.96. The predicted molar refractivity (Wildman–Crippen MR) is 274 cm³/mol. The van der Waals surface area contributed by atoms with Gasteiger partial charge in [-0.1, -0.05) is 133 Å². The molecule has 65 heavy (non-hydrogen) atoms. The minimum Gasteiger partial charge on any atom is -0.456 e. The summed E-state index contributed by atoms with van der Waals surface area (Å²) < 4.78 is 18.7. The SMILES string of the molecule is c1ccc(N(c2ccc3c(c2)oc2ccccc23)c2ccc(-c3ccccc3-n3c4ccccc4c4ccccc43)c3oc4ccccc4c23)c(-c2ccc3sc4ccccc4c3c2)c1. The van der Waals surface area contributed by atoms with Crippen LogP contribution in [0, 0.1) is 0 Å². The summed E-state index contributed by atoms with van der Waals surface area (Å²) in [5, 5.41) is 9.27. The summed E-state index contributed by atoms with van der Waals surface area (Å²) in [7, 11) is 0. The maximum atomic E-state index is 7.10. The summed E-state index contributed by atoms with van der Waals surface area (Å²) in [5.74, 6) is 0. The van der Waals surface area contributed by atoms with Gasteiger partial charge in [0.15, 0.2) is 0 Å². The molecule has 14 aromatic rings. The topological polar surface area (TPSA) is 34.5 Å². The molecule has 4 nitrogen and oxygen atoms in total. The molecule has 14 rings (SSSR count). The van der Waals surface area contributed by atoms with E-state index in [1.165, 1.54) is 30.9 Å². The van der Waals surface area contributed by atoms with Crippen LogP contribution in [-0.2, 0) is 0 Å². The van der Waals surface area contributed by atoms with Gasteiger partial charge < -0.3 is 18.3 Å². The van der Waals surface area contributed by atoms with Gasteiger partial charge in [-0.2, -0.15) is 0 Å². The average molecular weight is 849 g/mol. The lowest BCUT2D eigenvalue weighted by molar-refractivity contribution is 0.669. The van der Waals surface area contributed by atoms with Gasteiger partial charge in [0.2, 0.25) is 0 Å². The standard InChI is InChI=1S/C60H36N2O2S/c1-8-22-49(39(15-1)37-29-34-58-48(35-37)45-20-7-14-28-57(45)65-58)61(38-30-31-44-43-19-5-12-26-54(43)63-56(44)36-38)53-33-32-46(60-59(53)47-21-6-13-27-55(47)64-60)42-18-4-11-25-52(42)62-50-23-9-2-16-40(50)41-17-3-10-24-51(41)62/h1-36H. The minimum atomic E-state index is 0.829. The Labute approximate surface area is 377 Å². The normalized spacial score (nSPS) is 12.0. The van der Waals surface area contributed by atoms with Gasteiger partial charge in [0.1, 0.15) is 22.3 Å². The maximum absolute atomic E-state index is 7.10. The zero-order valence-electron chi connectivity index (χ0n) is 34.9. The van der Waals surface area contributed by atoms with Gasteiger partial charge in [0.25, 0.3) is 0 Å². The van der Waals surface area contributed by atoms with Crippen molar-refractivity contribution < 1.29 is 8.83 Å². The molecule has 0 aliphatic heterocycles. The van der Waals surface area contributed by atoms with Crippen molar-refractivity contribution >= 4 is 114 Å². The zero-order chi connectivity index (χ0) is 42.6. The first-order chi connectivity index (χ1) is 32.2. The first kappa shape index (κ1) is 36.1. The molecule has 0 aliphatic carbocycles. The van der Waals surface area contributed by atoms with Crippen LogP contribution < -0.4 is 4.90 Å². The van der Waals surface area contributed by atoms with Crippen molar-refractivity contribution in [3.8, 4) is 27.9 Å². The van der Waals surface area contributed by atoms with Crippen LogP contribution in [0.25, 0.3) is 114 Å². The molecule has 0 radical (unpaired) electrons. The number of anilines is 3. The third-order valence-electron chi connectivity index (χ3n) is 13.2. The first-order valence-electron chi connectivity index (χ1n) is 22.0. The second kappa shape index (κ2) is 14.1. The highest BCUT2D eigenvalue weighted by atomic mass is 32.1. The number of rotatable bonds is 6. The summed E-state index contributed by atoms with van der Waals surface area (Å²) in [5.41, 5.74) is 14.2. The van der Waals surface area contributed by atoms with E-state index in [2.05, 4.69) is 216 Å². The van der Waals surface area contributed by atoms with Gasteiger partial charge in [-0.05, 0) is 84.4 Å². The van der Waals surface area contributed by atoms with Gasteiger partial charge in [-0.3, -0.25) is 0 Å². The monoisotopic (exact) mass is 848 g/mol. The Balaban J connectivity index is 1.05. The Morgan fingerprint density at radius 1 is 0.369 bits per heavy atom. The fraction of sp³-hybridized carbons (Fsp3) is 0. The van der Waals surface area contributed by atoms with Crippen LogP contribution in [0.2, 0.25) is 0 Å². The van der Waals surface area contributed by atoms with Crippen molar-refractivity contribution in [3.05, 3.63) is 218 Å². The van der Waals surface area contributed by atoms with E-state index >= 15 is 0 Å². The van der Waals surface area contributed by atoms with Crippen LogP contribution >= 0.6 is 11.3 Å². The largest absolute Gasteiger partial charge is 0.456 e. The number of para-hydroxylation sites is 6. The highest BCUT2D eigenvalue weighted by molar-refractivity contribution is 7.25. The van der Waals surface area contributed by atoms with E-state index in [4.69, 9.17) is 8.83 Å². The third kappa shape index (κ3) is 5.43. The Morgan fingerprint density at radius 3 is 1.80 bits per heavy atom. The number of hydrogen-bond acceptors (Lipinski definition) is 4. The number of nitrogens with zero attached hydrogens (tertiary/aromatic N) is 2. The quantitative estimate of drug-likeness (QED) is 0.167. The number of thiophene rings is 1. The fourth-order valence-electron chi connectivity index (χ4n) is 10.4. The number of fused-ring (bicyclic) bond motifs is 12. The van der Waals surface area contributed by atoms with Crippen LogP contribution in [0.4, 0.5) is 17.1 Å². The Kier molecular flexibility index (Phi) is 7.82. The van der Waals surface area contributed by atoms with E-state index in [9.17, 15) is 0 Å². The van der Waals surface area contributed by atoms with Crippen molar-refractivity contribution in [3.63, 3.8) is 0 Å². The molecule has 10 aromatic carbocycles. The molecule has 304 valence electrons. The molecule has 4 heterocycles. The van der Waals surface area contributed by atoms with Crippen LogP contribution in [0.15, 0.2) is 227 Å².